The fraction of sp³-hybridized carbons (Fsp3) is 0.500. The summed E-state index contributed by atoms with van der Waals surface area (Å²) in [5, 5.41) is 5.09. The maximum absolute atomic E-state index is 11.3. The molecule has 1 fully saturated rings. The van der Waals surface area contributed by atoms with Gasteiger partial charge in [-0.1, -0.05) is 0 Å². The zero-order valence-corrected chi connectivity index (χ0v) is 11.7. The summed E-state index contributed by atoms with van der Waals surface area (Å²) in [5.74, 6) is 0. The van der Waals surface area contributed by atoms with Crippen molar-refractivity contribution < 1.29 is 13.2 Å². The van der Waals surface area contributed by atoms with Crippen LogP contribution in [-0.2, 0) is 14.8 Å². The Morgan fingerprint density at radius 3 is 2.79 bits per heavy atom. The number of hydrogen-bond acceptors (Lipinski definition) is 5. The normalized spacial score (nSPS) is 21.2. The number of sulfonamides is 1. The Bertz CT molecular complexity index is 559. The van der Waals surface area contributed by atoms with E-state index >= 15 is 0 Å². The molecule has 1 heterocycles. The molecule has 1 aromatic rings. The van der Waals surface area contributed by atoms with Crippen LogP contribution in [0.2, 0.25) is 0 Å². The minimum absolute atomic E-state index is 0.0321. The molecule has 0 aromatic heterocycles. The van der Waals surface area contributed by atoms with E-state index in [0.29, 0.717) is 0 Å². The highest BCUT2D eigenvalue weighted by atomic mass is 32.2. The van der Waals surface area contributed by atoms with Crippen LogP contribution < -0.4 is 15.8 Å². The third-order valence-electron chi connectivity index (χ3n) is 3.12. The highest BCUT2D eigenvalue weighted by molar-refractivity contribution is 7.89. The number of primary sulfonamides is 1. The van der Waals surface area contributed by atoms with E-state index in [1.165, 1.54) is 6.07 Å². The van der Waals surface area contributed by atoms with Crippen molar-refractivity contribution in [1.29, 1.82) is 0 Å². The molecule has 0 spiro atoms. The lowest BCUT2D eigenvalue weighted by molar-refractivity contribution is 0.0821. The minimum atomic E-state index is -3.77. The van der Waals surface area contributed by atoms with Crippen LogP contribution in [0.25, 0.3) is 0 Å². The second kappa shape index (κ2) is 5.36. The van der Waals surface area contributed by atoms with Crippen molar-refractivity contribution in [3.05, 3.63) is 18.2 Å². The van der Waals surface area contributed by atoms with Gasteiger partial charge in [-0.2, -0.15) is 0 Å². The largest absolute Gasteiger partial charge is 0.398 e. The molecule has 0 amide bonds. The van der Waals surface area contributed by atoms with E-state index in [0.717, 1.165) is 31.8 Å². The molecular formula is C12H19N3O3S. The molecule has 106 valence electrons. The fourth-order valence-electron chi connectivity index (χ4n) is 2.22. The highest BCUT2D eigenvalue weighted by Gasteiger charge is 2.18. The number of hydrogen-bond donors (Lipinski definition) is 2. The van der Waals surface area contributed by atoms with E-state index in [-0.39, 0.29) is 16.7 Å². The zero-order valence-electron chi connectivity index (χ0n) is 10.9. The summed E-state index contributed by atoms with van der Waals surface area (Å²) in [6.45, 7) is 4.37. The molecule has 6 nitrogen and oxygen atoms in total. The van der Waals surface area contributed by atoms with Crippen molar-refractivity contribution in [3.8, 4) is 0 Å². The lowest BCUT2D eigenvalue weighted by atomic mass is 10.2. The molecule has 1 aromatic carbocycles. The van der Waals surface area contributed by atoms with Crippen LogP contribution >= 0.6 is 0 Å². The van der Waals surface area contributed by atoms with Crippen LogP contribution in [-0.4, -0.2) is 34.2 Å². The molecule has 19 heavy (non-hydrogen) atoms. The molecule has 1 aliphatic rings. The van der Waals surface area contributed by atoms with Crippen molar-refractivity contribution in [2.45, 2.75) is 24.3 Å². The van der Waals surface area contributed by atoms with Gasteiger partial charge in [-0.25, -0.2) is 13.6 Å². The average Bonchev–Trinajstić information content (AvgIpc) is 2.52. The molecule has 1 unspecified atom stereocenters. The number of benzene rings is 1. The molecule has 0 saturated carbocycles. The third kappa shape index (κ3) is 3.37. The Morgan fingerprint density at radius 1 is 1.42 bits per heavy atom. The predicted molar refractivity (Wildman–Crippen MR) is 74.5 cm³/mol. The number of nitrogen functional groups attached to an aromatic ring is 1. The van der Waals surface area contributed by atoms with Gasteiger partial charge in [0.15, 0.2) is 0 Å². The number of nitrogens with two attached hydrogens (primary N) is 2. The first-order valence-electron chi connectivity index (χ1n) is 6.17. The molecule has 2 rings (SSSR count). The van der Waals surface area contributed by atoms with E-state index in [9.17, 15) is 8.42 Å². The van der Waals surface area contributed by atoms with Crippen LogP contribution in [0.3, 0.4) is 0 Å². The monoisotopic (exact) mass is 285 g/mol. The van der Waals surface area contributed by atoms with Gasteiger partial charge in [-0.05, 0) is 31.5 Å². The number of ether oxygens (including phenoxy) is 1. The van der Waals surface area contributed by atoms with Gasteiger partial charge in [-0.3, -0.25) is 0 Å². The topological polar surface area (TPSA) is 98.7 Å². The first kappa shape index (κ1) is 14.1. The minimum Gasteiger partial charge on any atom is -0.398 e. The quantitative estimate of drug-likeness (QED) is 0.772. The summed E-state index contributed by atoms with van der Waals surface area (Å²) in [6.07, 6.45) is 1.07. The number of nitrogens with zero attached hydrogens (tertiary/aromatic N) is 1. The Morgan fingerprint density at radius 2 is 2.16 bits per heavy atom. The van der Waals surface area contributed by atoms with Gasteiger partial charge in [0, 0.05) is 25.4 Å². The van der Waals surface area contributed by atoms with Crippen molar-refractivity contribution in [3.63, 3.8) is 0 Å². The number of rotatable bonds is 2. The maximum atomic E-state index is 11.3. The second-order valence-corrected chi connectivity index (χ2v) is 6.28. The van der Waals surface area contributed by atoms with Crippen LogP contribution in [0.1, 0.15) is 13.3 Å². The van der Waals surface area contributed by atoms with Gasteiger partial charge in [0.2, 0.25) is 10.0 Å². The lowest BCUT2D eigenvalue weighted by Crippen LogP contribution is -2.30. The fourth-order valence-corrected chi connectivity index (χ4v) is 2.87. The molecule has 0 radical (unpaired) electrons. The van der Waals surface area contributed by atoms with Gasteiger partial charge in [0.25, 0.3) is 0 Å². The zero-order chi connectivity index (χ0) is 14.0. The summed E-state index contributed by atoms with van der Waals surface area (Å²) < 4.78 is 28.2. The van der Waals surface area contributed by atoms with E-state index in [4.69, 9.17) is 15.6 Å². The van der Waals surface area contributed by atoms with Gasteiger partial charge in [-0.15, -0.1) is 0 Å². The molecule has 0 bridgehead atoms. The summed E-state index contributed by atoms with van der Waals surface area (Å²) in [5.41, 5.74) is 6.84. The Balaban J connectivity index is 2.29. The van der Waals surface area contributed by atoms with E-state index in [2.05, 4.69) is 4.90 Å². The molecule has 7 heteroatoms. The third-order valence-corrected chi connectivity index (χ3v) is 4.10. The van der Waals surface area contributed by atoms with E-state index in [1.54, 1.807) is 12.1 Å². The molecule has 0 aliphatic carbocycles. The first-order chi connectivity index (χ1) is 8.88. The smallest absolute Gasteiger partial charge is 0.240 e. The van der Waals surface area contributed by atoms with Crippen molar-refractivity contribution >= 4 is 21.4 Å². The predicted octanol–water partition coefficient (Wildman–Crippen LogP) is 0.531. The molecular weight excluding hydrogens is 266 g/mol. The highest BCUT2D eigenvalue weighted by Crippen LogP contribution is 2.25. The van der Waals surface area contributed by atoms with Crippen LogP contribution in [0.5, 0.6) is 0 Å². The lowest BCUT2D eigenvalue weighted by Gasteiger charge is -2.25. The summed E-state index contributed by atoms with van der Waals surface area (Å²) in [4.78, 5) is 2.11. The summed E-state index contributed by atoms with van der Waals surface area (Å²) in [7, 11) is -3.77. The standard InChI is InChI=1S/C12H19N3O3S/c1-9-8-15(5-2-6-18-9)10-3-4-12(11(13)7-10)19(14,16)17/h3-4,7,9H,2,5-6,8,13H2,1H3,(H2,14,16,17). The Labute approximate surface area is 113 Å². The van der Waals surface area contributed by atoms with Gasteiger partial charge < -0.3 is 15.4 Å². The van der Waals surface area contributed by atoms with Crippen LogP contribution in [0.15, 0.2) is 23.1 Å². The maximum Gasteiger partial charge on any atom is 0.240 e. The van der Waals surface area contributed by atoms with Crippen LogP contribution in [0, 0.1) is 0 Å². The molecule has 4 N–H and O–H groups in total. The number of anilines is 2. The van der Waals surface area contributed by atoms with Crippen molar-refractivity contribution in [2.24, 2.45) is 5.14 Å². The Hall–Kier alpha value is -1.31. The molecule has 1 atom stereocenters. The van der Waals surface area contributed by atoms with Gasteiger partial charge in [0.1, 0.15) is 4.90 Å². The SMILES string of the molecule is CC1CN(c2ccc(S(N)(=O)=O)c(N)c2)CCCO1. The summed E-state index contributed by atoms with van der Waals surface area (Å²) >= 11 is 0. The van der Waals surface area contributed by atoms with Crippen molar-refractivity contribution in [1.82, 2.24) is 0 Å². The van der Waals surface area contributed by atoms with E-state index in [1.807, 2.05) is 6.92 Å². The summed E-state index contributed by atoms with van der Waals surface area (Å²) in [6, 6.07) is 4.84. The Kier molecular flexibility index (Phi) is 3.98. The van der Waals surface area contributed by atoms with Crippen LogP contribution in [0.4, 0.5) is 11.4 Å². The average molecular weight is 285 g/mol. The van der Waals surface area contributed by atoms with Crippen molar-refractivity contribution in [2.75, 3.05) is 30.3 Å². The second-order valence-electron chi connectivity index (χ2n) is 4.75. The van der Waals surface area contributed by atoms with E-state index < -0.39 is 10.0 Å². The molecule has 1 saturated heterocycles. The van der Waals surface area contributed by atoms with Gasteiger partial charge >= 0.3 is 0 Å². The van der Waals surface area contributed by atoms with Gasteiger partial charge in [0.05, 0.1) is 11.8 Å². The molecule has 1 aliphatic heterocycles. The first-order valence-corrected chi connectivity index (χ1v) is 7.71.